The molecule has 1 amide bonds. The Bertz CT molecular complexity index is 646. The number of aromatic nitrogens is 4. The van der Waals surface area contributed by atoms with Crippen molar-refractivity contribution in [2.75, 3.05) is 13.1 Å². The third-order valence-corrected chi connectivity index (χ3v) is 4.31. The zero-order valence-electron chi connectivity index (χ0n) is 12.4. The molecule has 116 valence electrons. The van der Waals surface area contributed by atoms with Crippen molar-refractivity contribution >= 4 is 17.5 Å². The molecule has 0 radical (unpaired) electrons. The van der Waals surface area contributed by atoms with E-state index in [1.807, 2.05) is 17.0 Å². The topological polar surface area (TPSA) is 63.9 Å². The van der Waals surface area contributed by atoms with Gasteiger partial charge in [0, 0.05) is 23.7 Å². The predicted octanol–water partition coefficient (Wildman–Crippen LogP) is 2.25. The van der Waals surface area contributed by atoms with E-state index in [-0.39, 0.29) is 12.5 Å². The molecular formula is C15H18ClN5O. The van der Waals surface area contributed by atoms with Crippen molar-refractivity contribution in [1.82, 2.24) is 25.1 Å². The summed E-state index contributed by atoms with van der Waals surface area (Å²) in [6.07, 6.45) is 2.12. The smallest absolute Gasteiger partial charge is 0.244 e. The molecule has 0 bridgehead atoms. The lowest BCUT2D eigenvalue weighted by Crippen LogP contribution is -2.40. The Kier molecular flexibility index (Phi) is 4.38. The molecule has 0 N–H and O–H groups in total. The lowest BCUT2D eigenvalue weighted by molar-refractivity contribution is -0.133. The average molecular weight is 320 g/mol. The van der Waals surface area contributed by atoms with E-state index in [1.54, 1.807) is 16.8 Å². The first-order valence-electron chi connectivity index (χ1n) is 7.43. The van der Waals surface area contributed by atoms with Gasteiger partial charge in [0.05, 0.1) is 0 Å². The number of carbonyl (C=O) groups excluding carboxylic acids is 1. The minimum atomic E-state index is 0.0643. The summed E-state index contributed by atoms with van der Waals surface area (Å²) in [5.41, 5.74) is 0.842. The molecular weight excluding hydrogens is 302 g/mol. The summed E-state index contributed by atoms with van der Waals surface area (Å²) < 4.78 is 1.55. The first-order chi connectivity index (χ1) is 10.6. The lowest BCUT2D eigenvalue weighted by Gasteiger charge is -2.30. The molecule has 0 saturated carbocycles. The largest absolute Gasteiger partial charge is 0.341 e. The zero-order chi connectivity index (χ0) is 15.5. The number of hydrogen-bond acceptors (Lipinski definition) is 4. The van der Waals surface area contributed by atoms with Crippen molar-refractivity contribution in [3.05, 3.63) is 29.3 Å². The average Bonchev–Trinajstić information content (AvgIpc) is 2.97. The van der Waals surface area contributed by atoms with Crippen LogP contribution < -0.4 is 0 Å². The molecule has 0 unspecified atom stereocenters. The minimum absolute atomic E-state index is 0.0643. The van der Waals surface area contributed by atoms with E-state index in [4.69, 9.17) is 11.6 Å². The summed E-state index contributed by atoms with van der Waals surface area (Å²) in [7, 11) is 0. The molecule has 22 heavy (non-hydrogen) atoms. The molecule has 7 heteroatoms. The highest BCUT2D eigenvalue weighted by Gasteiger charge is 2.22. The van der Waals surface area contributed by atoms with Crippen LogP contribution in [0.4, 0.5) is 0 Å². The quantitative estimate of drug-likeness (QED) is 0.870. The number of halogens is 1. The van der Waals surface area contributed by atoms with E-state index >= 15 is 0 Å². The van der Waals surface area contributed by atoms with Crippen molar-refractivity contribution in [3.8, 4) is 11.4 Å². The molecule has 2 heterocycles. The Morgan fingerprint density at radius 1 is 1.27 bits per heavy atom. The van der Waals surface area contributed by atoms with Crippen LogP contribution in [0.25, 0.3) is 11.4 Å². The van der Waals surface area contributed by atoms with Gasteiger partial charge in [0.1, 0.15) is 6.54 Å². The molecule has 1 aliphatic heterocycles. The number of piperidine rings is 1. The summed E-state index contributed by atoms with van der Waals surface area (Å²) in [6.45, 7) is 4.03. The van der Waals surface area contributed by atoms with E-state index in [9.17, 15) is 4.79 Å². The molecule has 1 saturated heterocycles. The van der Waals surface area contributed by atoms with Gasteiger partial charge in [-0.3, -0.25) is 4.79 Å². The van der Waals surface area contributed by atoms with E-state index in [1.165, 1.54) is 0 Å². The second kappa shape index (κ2) is 6.44. The predicted molar refractivity (Wildman–Crippen MR) is 83.2 cm³/mol. The number of amides is 1. The normalized spacial score (nSPS) is 16.0. The Labute approximate surface area is 134 Å². The molecule has 1 aliphatic rings. The Morgan fingerprint density at radius 3 is 2.64 bits per heavy atom. The first-order valence-corrected chi connectivity index (χ1v) is 7.81. The van der Waals surface area contributed by atoms with E-state index < -0.39 is 0 Å². The Morgan fingerprint density at radius 2 is 1.95 bits per heavy atom. The summed E-state index contributed by atoms with van der Waals surface area (Å²) >= 11 is 5.89. The molecule has 6 nitrogen and oxygen atoms in total. The van der Waals surface area contributed by atoms with Gasteiger partial charge in [0.25, 0.3) is 0 Å². The SMILES string of the molecule is CC1CCN(C(=O)Cn2nnnc2-c2ccc(Cl)cc2)CC1. The monoisotopic (exact) mass is 319 g/mol. The van der Waals surface area contributed by atoms with E-state index in [0.29, 0.717) is 16.8 Å². The molecule has 1 aromatic heterocycles. The van der Waals surface area contributed by atoms with Gasteiger partial charge in [-0.2, -0.15) is 0 Å². The van der Waals surface area contributed by atoms with Gasteiger partial charge in [-0.1, -0.05) is 18.5 Å². The number of hydrogen-bond donors (Lipinski definition) is 0. The van der Waals surface area contributed by atoms with Gasteiger partial charge >= 0.3 is 0 Å². The van der Waals surface area contributed by atoms with E-state index in [0.717, 1.165) is 31.5 Å². The van der Waals surface area contributed by atoms with Crippen molar-refractivity contribution in [2.24, 2.45) is 5.92 Å². The van der Waals surface area contributed by atoms with E-state index in [2.05, 4.69) is 22.4 Å². The van der Waals surface area contributed by atoms with Crippen LogP contribution in [0.2, 0.25) is 5.02 Å². The maximum Gasteiger partial charge on any atom is 0.244 e. The third kappa shape index (κ3) is 3.27. The number of likely N-dealkylation sites (tertiary alicyclic amines) is 1. The van der Waals surface area contributed by atoms with Crippen molar-refractivity contribution in [2.45, 2.75) is 26.3 Å². The summed E-state index contributed by atoms with van der Waals surface area (Å²) in [6, 6.07) is 7.25. The third-order valence-electron chi connectivity index (χ3n) is 4.06. The van der Waals surface area contributed by atoms with Crippen LogP contribution in [-0.2, 0) is 11.3 Å². The molecule has 2 aromatic rings. The van der Waals surface area contributed by atoms with Crippen LogP contribution >= 0.6 is 11.6 Å². The second-order valence-corrected chi connectivity index (χ2v) is 6.17. The fourth-order valence-electron chi connectivity index (χ4n) is 2.60. The summed E-state index contributed by atoms with van der Waals surface area (Å²) in [5.74, 6) is 1.34. The lowest BCUT2D eigenvalue weighted by atomic mass is 9.99. The number of carbonyl (C=O) groups is 1. The Hall–Kier alpha value is -1.95. The molecule has 0 spiro atoms. The van der Waals surface area contributed by atoms with Crippen LogP contribution in [0.5, 0.6) is 0 Å². The fraction of sp³-hybridized carbons (Fsp3) is 0.467. The van der Waals surface area contributed by atoms with Crippen LogP contribution in [-0.4, -0.2) is 44.1 Å². The zero-order valence-corrected chi connectivity index (χ0v) is 13.2. The number of benzene rings is 1. The van der Waals surface area contributed by atoms with Crippen LogP contribution in [0.1, 0.15) is 19.8 Å². The highest BCUT2D eigenvalue weighted by atomic mass is 35.5. The van der Waals surface area contributed by atoms with Crippen molar-refractivity contribution in [1.29, 1.82) is 0 Å². The fourth-order valence-corrected chi connectivity index (χ4v) is 2.73. The highest BCUT2D eigenvalue weighted by molar-refractivity contribution is 6.30. The maximum atomic E-state index is 12.4. The number of nitrogens with zero attached hydrogens (tertiary/aromatic N) is 5. The van der Waals surface area contributed by atoms with Crippen molar-refractivity contribution in [3.63, 3.8) is 0 Å². The van der Waals surface area contributed by atoms with Gasteiger partial charge < -0.3 is 4.90 Å². The standard InChI is InChI=1S/C15H18ClN5O/c1-11-6-8-20(9-7-11)14(22)10-21-15(17-18-19-21)12-2-4-13(16)5-3-12/h2-5,11H,6-10H2,1H3. The van der Waals surface area contributed by atoms with Crippen LogP contribution in [0, 0.1) is 5.92 Å². The van der Waals surface area contributed by atoms with Gasteiger partial charge in [-0.15, -0.1) is 5.10 Å². The number of rotatable bonds is 3. The summed E-state index contributed by atoms with van der Waals surface area (Å²) in [4.78, 5) is 14.3. The maximum absolute atomic E-state index is 12.4. The first kappa shape index (κ1) is 15.0. The summed E-state index contributed by atoms with van der Waals surface area (Å²) in [5, 5.41) is 12.3. The second-order valence-electron chi connectivity index (χ2n) is 5.73. The molecule has 1 aromatic carbocycles. The van der Waals surface area contributed by atoms with Crippen molar-refractivity contribution < 1.29 is 4.79 Å². The molecule has 1 fully saturated rings. The molecule has 0 atom stereocenters. The van der Waals surface area contributed by atoms with Crippen LogP contribution in [0.15, 0.2) is 24.3 Å². The minimum Gasteiger partial charge on any atom is -0.341 e. The number of tetrazole rings is 1. The van der Waals surface area contributed by atoms with Gasteiger partial charge in [0.15, 0.2) is 5.82 Å². The van der Waals surface area contributed by atoms with Gasteiger partial charge in [-0.25, -0.2) is 4.68 Å². The van der Waals surface area contributed by atoms with Gasteiger partial charge in [-0.05, 0) is 53.5 Å². The van der Waals surface area contributed by atoms with Crippen LogP contribution in [0.3, 0.4) is 0 Å². The van der Waals surface area contributed by atoms with Gasteiger partial charge in [0.2, 0.25) is 5.91 Å². The highest BCUT2D eigenvalue weighted by Crippen LogP contribution is 2.20. The molecule has 0 aliphatic carbocycles. The molecule has 3 rings (SSSR count). The Balaban J connectivity index is 1.72.